The van der Waals surface area contributed by atoms with Crippen molar-refractivity contribution in [2.24, 2.45) is 0 Å². The van der Waals surface area contributed by atoms with Crippen molar-refractivity contribution in [2.75, 3.05) is 7.11 Å². The van der Waals surface area contributed by atoms with E-state index in [1.807, 2.05) is 0 Å². The Bertz CT molecular complexity index is 1230. The average Bonchev–Trinajstić information content (AvgIpc) is 3.41. The molecular formula is C21H13F4N3O3. The van der Waals surface area contributed by atoms with Crippen LogP contribution in [0.1, 0.15) is 16.1 Å². The second kappa shape index (κ2) is 7.71. The molecule has 4 aromatic rings. The lowest BCUT2D eigenvalue weighted by atomic mass is 10.0. The molecule has 0 amide bonds. The molecule has 0 saturated heterocycles. The van der Waals surface area contributed by atoms with Gasteiger partial charge < -0.3 is 13.8 Å². The van der Waals surface area contributed by atoms with E-state index in [9.17, 15) is 22.4 Å². The van der Waals surface area contributed by atoms with Crippen molar-refractivity contribution in [2.45, 2.75) is 6.18 Å². The highest BCUT2D eigenvalue weighted by molar-refractivity contribution is 5.89. The van der Waals surface area contributed by atoms with Gasteiger partial charge in [0.2, 0.25) is 5.76 Å². The number of nitrogens with zero attached hydrogens (tertiary/aromatic N) is 3. The Morgan fingerprint density at radius 1 is 1.06 bits per heavy atom. The molecule has 0 radical (unpaired) electrons. The first kappa shape index (κ1) is 20.3. The van der Waals surface area contributed by atoms with E-state index in [0.717, 1.165) is 12.1 Å². The zero-order valence-electron chi connectivity index (χ0n) is 15.9. The predicted octanol–water partition coefficient (Wildman–Crippen LogP) is 5.14. The lowest BCUT2D eigenvalue weighted by molar-refractivity contribution is -0.154. The van der Waals surface area contributed by atoms with Gasteiger partial charge in [-0.25, -0.2) is 14.2 Å². The number of imidazole rings is 1. The molecule has 2 aromatic carbocycles. The van der Waals surface area contributed by atoms with Crippen LogP contribution in [0.2, 0.25) is 0 Å². The van der Waals surface area contributed by atoms with E-state index in [1.165, 1.54) is 48.5 Å². The van der Waals surface area contributed by atoms with Crippen LogP contribution in [0.15, 0.2) is 65.6 Å². The summed E-state index contributed by atoms with van der Waals surface area (Å²) in [6.45, 7) is 0. The van der Waals surface area contributed by atoms with E-state index in [-0.39, 0.29) is 22.5 Å². The van der Waals surface area contributed by atoms with Crippen molar-refractivity contribution < 1.29 is 31.6 Å². The van der Waals surface area contributed by atoms with Crippen LogP contribution in [0.5, 0.6) is 0 Å². The lowest BCUT2D eigenvalue weighted by Gasteiger charge is -2.05. The summed E-state index contributed by atoms with van der Waals surface area (Å²) in [5.41, 5.74) is 0.614. The van der Waals surface area contributed by atoms with Gasteiger partial charge in [-0.3, -0.25) is 0 Å². The maximum atomic E-state index is 13.5. The Morgan fingerprint density at radius 3 is 2.35 bits per heavy atom. The Hall–Kier alpha value is -3.95. The summed E-state index contributed by atoms with van der Waals surface area (Å²) in [7, 11) is 1.26. The third-order valence-corrected chi connectivity index (χ3v) is 4.49. The molecule has 0 unspecified atom stereocenters. The van der Waals surface area contributed by atoms with Crippen LogP contribution in [-0.4, -0.2) is 27.8 Å². The van der Waals surface area contributed by atoms with Gasteiger partial charge in [-0.2, -0.15) is 13.2 Å². The molecule has 0 fully saturated rings. The fourth-order valence-electron chi connectivity index (χ4n) is 3.01. The first-order chi connectivity index (χ1) is 14.8. The highest BCUT2D eigenvalue weighted by atomic mass is 19.4. The Balaban J connectivity index is 1.78. The number of hydrogen-bond donors (Lipinski definition) is 0. The van der Waals surface area contributed by atoms with Crippen LogP contribution in [-0.2, 0) is 10.9 Å². The fraction of sp³-hybridized carbons (Fsp3) is 0.0952. The summed E-state index contributed by atoms with van der Waals surface area (Å²) < 4.78 is 64.6. The number of carbonyl (C=O) groups excluding carboxylic acids is 1. The number of halogens is 4. The molecule has 31 heavy (non-hydrogen) atoms. The molecule has 158 valence electrons. The number of methoxy groups -OCH3 is 1. The molecule has 0 aliphatic carbocycles. The first-order valence-corrected chi connectivity index (χ1v) is 8.84. The molecule has 6 nitrogen and oxygen atoms in total. The summed E-state index contributed by atoms with van der Waals surface area (Å²) >= 11 is 0. The van der Waals surface area contributed by atoms with Crippen molar-refractivity contribution in [3.8, 4) is 28.2 Å². The van der Waals surface area contributed by atoms with Crippen molar-refractivity contribution in [3.63, 3.8) is 0 Å². The van der Waals surface area contributed by atoms with Crippen LogP contribution >= 0.6 is 0 Å². The van der Waals surface area contributed by atoms with E-state index in [0.29, 0.717) is 11.3 Å². The lowest BCUT2D eigenvalue weighted by Crippen LogP contribution is -2.05. The molecule has 0 atom stereocenters. The van der Waals surface area contributed by atoms with Crippen LogP contribution < -0.4 is 0 Å². The zero-order chi connectivity index (χ0) is 22.2. The van der Waals surface area contributed by atoms with Gasteiger partial charge in [-0.1, -0.05) is 5.16 Å². The maximum absolute atomic E-state index is 13.5. The Kier molecular flexibility index (Phi) is 5.05. The van der Waals surface area contributed by atoms with Gasteiger partial charge >= 0.3 is 12.1 Å². The fourth-order valence-corrected chi connectivity index (χ4v) is 3.01. The number of benzene rings is 2. The summed E-state index contributed by atoms with van der Waals surface area (Å²) in [5.74, 6) is -2.36. The normalized spacial score (nSPS) is 11.5. The Labute approximate surface area is 172 Å². The molecule has 0 bridgehead atoms. The number of hydrogen-bond acceptors (Lipinski definition) is 5. The van der Waals surface area contributed by atoms with Crippen molar-refractivity contribution in [3.05, 3.63) is 78.2 Å². The van der Waals surface area contributed by atoms with Gasteiger partial charge in [0.25, 0.3) is 0 Å². The number of esters is 1. The third kappa shape index (κ3) is 3.91. The van der Waals surface area contributed by atoms with E-state index in [4.69, 9.17) is 0 Å². The number of rotatable bonds is 4. The summed E-state index contributed by atoms with van der Waals surface area (Å²) in [4.78, 5) is 15.6. The van der Waals surface area contributed by atoms with Crippen LogP contribution in [0.4, 0.5) is 17.6 Å². The molecular weight excluding hydrogens is 418 g/mol. The van der Waals surface area contributed by atoms with E-state index in [2.05, 4.69) is 19.4 Å². The molecule has 2 heterocycles. The van der Waals surface area contributed by atoms with Crippen molar-refractivity contribution in [1.29, 1.82) is 0 Å². The van der Waals surface area contributed by atoms with Crippen LogP contribution in [0.25, 0.3) is 28.2 Å². The predicted molar refractivity (Wildman–Crippen MR) is 101 cm³/mol. The smallest absolute Gasteiger partial charge is 0.453 e. The topological polar surface area (TPSA) is 70.2 Å². The largest absolute Gasteiger partial charge is 0.465 e. The monoisotopic (exact) mass is 431 g/mol. The number of ether oxygens (including phenoxy) is 1. The van der Waals surface area contributed by atoms with E-state index < -0.39 is 23.7 Å². The summed E-state index contributed by atoms with van der Waals surface area (Å²) in [6, 6.07) is 11.1. The second-order valence-electron chi connectivity index (χ2n) is 6.44. The summed E-state index contributed by atoms with van der Waals surface area (Å²) in [5, 5.41) is 3.56. The van der Waals surface area contributed by atoms with Crippen molar-refractivity contribution >= 4 is 5.97 Å². The molecule has 0 N–H and O–H groups in total. The van der Waals surface area contributed by atoms with E-state index >= 15 is 0 Å². The van der Waals surface area contributed by atoms with Crippen LogP contribution in [0, 0.1) is 5.82 Å². The van der Waals surface area contributed by atoms with Gasteiger partial charge in [-0.15, -0.1) is 0 Å². The van der Waals surface area contributed by atoms with Crippen LogP contribution in [0.3, 0.4) is 0 Å². The van der Waals surface area contributed by atoms with Gasteiger partial charge in [0.1, 0.15) is 11.5 Å². The Morgan fingerprint density at radius 2 is 1.74 bits per heavy atom. The van der Waals surface area contributed by atoms with Gasteiger partial charge in [0.05, 0.1) is 30.3 Å². The molecule has 10 heteroatoms. The summed E-state index contributed by atoms with van der Waals surface area (Å²) in [6.07, 6.45) is -2.11. The quantitative estimate of drug-likeness (QED) is 0.331. The van der Waals surface area contributed by atoms with Crippen molar-refractivity contribution in [1.82, 2.24) is 14.7 Å². The molecule has 0 aliphatic rings. The molecule has 4 rings (SSSR count). The van der Waals surface area contributed by atoms with Gasteiger partial charge in [-0.05, 0) is 48.5 Å². The average molecular weight is 431 g/mol. The second-order valence-corrected chi connectivity index (χ2v) is 6.44. The molecule has 2 aromatic heterocycles. The maximum Gasteiger partial charge on any atom is 0.453 e. The van der Waals surface area contributed by atoms with Gasteiger partial charge in [0.15, 0.2) is 0 Å². The molecule has 0 aliphatic heterocycles. The highest BCUT2D eigenvalue weighted by Crippen LogP contribution is 2.42. The number of aromatic nitrogens is 3. The third-order valence-electron chi connectivity index (χ3n) is 4.49. The number of carbonyl (C=O) groups is 1. The number of alkyl halides is 3. The van der Waals surface area contributed by atoms with Gasteiger partial charge in [0, 0.05) is 17.4 Å². The minimum absolute atomic E-state index is 0.0371. The molecule has 0 saturated carbocycles. The standard InChI is InChI=1S/C21H13F4N3O3/c1-30-20(29)13-4-8-15(9-5-13)28-10-16(26-11-28)17-18(12-2-6-14(22)7-3-12)27-31-19(17)21(23,24)25/h2-11H,1H3. The first-order valence-electron chi connectivity index (χ1n) is 8.84. The minimum Gasteiger partial charge on any atom is -0.465 e. The SMILES string of the molecule is COC(=O)c1ccc(-n2cnc(-c3c(-c4ccc(F)cc4)noc3C(F)(F)F)c2)cc1. The highest BCUT2D eigenvalue weighted by Gasteiger charge is 2.41. The minimum atomic E-state index is -4.81. The van der Waals surface area contributed by atoms with E-state index in [1.54, 1.807) is 12.1 Å². The zero-order valence-corrected chi connectivity index (χ0v) is 15.9. The molecule has 0 spiro atoms.